The summed E-state index contributed by atoms with van der Waals surface area (Å²) in [5.74, 6) is 0.435. The van der Waals surface area contributed by atoms with Crippen LogP contribution in [-0.2, 0) is 11.3 Å². The lowest BCUT2D eigenvalue weighted by Crippen LogP contribution is -2.36. The molecule has 1 aliphatic heterocycles. The molecule has 3 aromatic rings. The van der Waals surface area contributed by atoms with Gasteiger partial charge in [0.15, 0.2) is 5.01 Å². The Hall–Kier alpha value is -2.35. The van der Waals surface area contributed by atoms with Crippen molar-refractivity contribution in [2.75, 3.05) is 38.3 Å². The fraction of sp³-hybridized carbons (Fsp3) is 0.300. The molecule has 2 heterocycles. The Labute approximate surface area is 172 Å². The number of nitrogens with one attached hydrogen (secondary N) is 1. The fourth-order valence-electron chi connectivity index (χ4n) is 3.18. The van der Waals surface area contributed by atoms with Gasteiger partial charge in [0, 0.05) is 24.7 Å². The second kappa shape index (κ2) is 8.34. The maximum atomic E-state index is 12.7. The van der Waals surface area contributed by atoms with Gasteiger partial charge in [-0.15, -0.1) is 11.3 Å². The zero-order valence-electron chi connectivity index (χ0n) is 15.4. The quantitative estimate of drug-likeness (QED) is 0.685. The molecule has 0 radical (unpaired) electrons. The summed E-state index contributed by atoms with van der Waals surface area (Å²) < 4.78 is 11.9. The summed E-state index contributed by atoms with van der Waals surface area (Å²) in [5, 5.41) is 3.94. The van der Waals surface area contributed by atoms with E-state index in [1.165, 1.54) is 11.3 Å². The van der Waals surface area contributed by atoms with Crippen LogP contribution in [-0.4, -0.2) is 44.3 Å². The summed E-state index contributed by atoms with van der Waals surface area (Å²) in [6.45, 7) is 3.36. The Morgan fingerprint density at radius 3 is 2.82 bits per heavy atom. The SMILES string of the molecule is COc1ccc(N2CCOCC2)c2sc(C(=O)NCc3ccccc3Cl)nc12. The van der Waals surface area contributed by atoms with Gasteiger partial charge in [-0.1, -0.05) is 29.8 Å². The highest BCUT2D eigenvalue weighted by molar-refractivity contribution is 7.21. The molecule has 0 spiro atoms. The molecule has 8 heteroatoms. The number of morpholine rings is 1. The Morgan fingerprint density at radius 2 is 2.07 bits per heavy atom. The number of aromatic nitrogens is 1. The number of fused-ring (bicyclic) bond motifs is 1. The molecular weight excluding hydrogens is 398 g/mol. The van der Waals surface area contributed by atoms with Crippen molar-refractivity contribution in [2.24, 2.45) is 0 Å². The summed E-state index contributed by atoms with van der Waals surface area (Å²) in [6.07, 6.45) is 0. The third-order valence-corrected chi connectivity index (χ3v) is 6.09. The van der Waals surface area contributed by atoms with Gasteiger partial charge in [0.05, 0.1) is 30.7 Å². The number of halogens is 1. The first-order valence-electron chi connectivity index (χ1n) is 8.99. The summed E-state index contributed by atoms with van der Waals surface area (Å²) in [7, 11) is 1.61. The monoisotopic (exact) mass is 417 g/mol. The highest BCUT2D eigenvalue weighted by atomic mass is 35.5. The minimum absolute atomic E-state index is 0.226. The lowest BCUT2D eigenvalue weighted by atomic mass is 10.2. The number of hydrogen-bond donors (Lipinski definition) is 1. The molecule has 0 bridgehead atoms. The van der Waals surface area contributed by atoms with Crippen molar-refractivity contribution in [1.29, 1.82) is 0 Å². The fourth-order valence-corrected chi connectivity index (χ4v) is 4.42. The van der Waals surface area contributed by atoms with Crippen LogP contribution in [0.3, 0.4) is 0 Å². The first kappa shape index (κ1) is 19.0. The molecule has 0 saturated carbocycles. The predicted molar refractivity (Wildman–Crippen MR) is 112 cm³/mol. The lowest BCUT2D eigenvalue weighted by Gasteiger charge is -2.29. The Kier molecular flexibility index (Phi) is 5.66. The van der Waals surface area contributed by atoms with Crippen molar-refractivity contribution < 1.29 is 14.3 Å². The predicted octanol–water partition coefficient (Wildman–Crippen LogP) is 3.72. The van der Waals surface area contributed by atoms with Crippen LogP contribution in [0.5, 0.6) is 5.75 Å². The van der Waals surface area contributed by atoms with E-state index in [-0.39, 0.29) is 5.91 Å². The van der Waals surface area contributed by atoms with Crippen LogP contribution in [0.15, 0.2) is 36.4 Å². The number of rotatable bonds is 5. The minimum Gasteiger partial charge on any atom is -0.494 e. The molecular formula is C20H20ClN3O3S. The van der Waals surface area contributed by atoms with Crippen molar-refractivity contribution in [2.45, 2.75) is 6.54 Å². The molecule has 1 saturated heterocycles. The number of anilines is 1. The van der Waals surface area contributed by atoms with E-state index in [2.05, 4.69) is 15.2 Å². The van der Waals surface area contributed by atoms with Crippen molar-refractivity contribution in [1.82, 2.24) is 10.3 Å². The molecule has 146 valence electrons. The standard InChI is InChI=1S/C20H20ClN3O3S/c1-26-16-7-6-15(24-8-10-27-11-9-24)18-17(16)23-20(28-18)19(25)22-12-13-4-2-3-5-14(13)21/h2-7H,8-12H2,1H3,(H,22,25). The van der Waals surface area contributed by atoms with E-state index in [9.17, 15) is 4.79 Å². The summed E-state index contributed by atoms with van der Waals surface area (Å²) >= 11 is 7.54. The normalized spacial score (nSPS) is 14.3. The van der Waals surface area contributed by atoms with E-state index in [4.69, 9.17) is 21.1 Å². The van der Waals surface area contributed by atoms with E-state index in [1.807, 2.05) is 30.3 Å². The third-order valence-electron chi connectivity index (χ3n) is 4.65. The van der Waals surface area contributed by atoms with Gasteiger partial charge >= 0.3 is 0 Å². The maximum Gasteiger partial charge on any atom is 0.280 e. The molecule has 1 amide bonds. The van der Waals surface area contributed by atoms with Gasteiger partial charge in [-0.2, -0.15) is 0 Å². The molecule has 28 heavy (non-hydrogen) atoms. The van der Waals surface area contributed by atoms with Gasteiger partial charge in [0.25, 0.3) is 5.91 Å². The van der Waals surface area contributed by atoms with Crippen LogP contribution in [0, 0.1) is 0 Å². The van der Waals surface area contributed by atoms with E-state index in [0.717, 1.165) is 29.0 Å². The zero-order chi connectivity index (χ0) is 19.5. The Balaban J connectivity index is 1.62. The van der Waals surface area contributed by atoms with Crippen LogP contribution in [0.1, 0.15) is 15.4 Å². The Morgan fingerprint density at radius 1 is 1.29 bits per heavy atom. The number of thiazole rings is 1. The largest absolute Gasteiger partial charge is 0.494 e. The van der Waals surface area contributed by atoms with Crippen LogP contribution >= 0.6 is 22.9 Å². The van der Waals surface area contributed by atoms with Gasteiger partial charge < -0.3 is 19.7 Å². The smallest absolute Gasteiger partial charge is 0.280 e. The van der Waals surface area contributed by atoms with Crippen LogP contribution in [0.25, 0.3) is 10.2 Å². The van der Waals surface area contributed by atoms with Gasteiger partial charge in [0.2, 0.25) is 0 Å². The Bertz CT molecular complexity index is 1000. The molecule has 0 atom stereocenters. The number of ether oxygens (including phenoxy) is 2. The van der Waals surface area contributed by atoms with Crippen molar-refractivity contribution in [3.05, 3.63) is 52.0 Å². The van der Waals surface area contributed by atoms with Crippen LogP contribution < -0.4 is 15.0 Å². The number of nitrogens with zero attached hydrogens (tertiary/aromatic N) is 2. The first-order valence-corrected chi connectivity index (χ1v) is 10.2. The van der Waals surface area contributed by atoms with Gasteiger partial charge in [0.1, 0.15) is 11.3 Å². The van der Waals surface area contributed by atoms with Crippen molar-refractivity contribution in [3.8, 4) is 5.75 Å². The number of amides is 1. The topological polar surface area (TPSA) is 63.7 Å². The molecule has 0 unspecified atom stereocenters. The lowest BCUT2D eigenvalue weighted by molar-refractivity contribution is 0.0950. The van der Waals surface area contributed by atoms with Gasteiger partial charge in [-0.25, -0.2) is 4.98 Å². The second-order valence-corrected chi connectivity index (χ2v) is 7.76. The molecule has 2 aromatic carbocycles. The van der Waals surface area contributed by atoms with E-state index >= 15 is 0 Å². The summed E-state index contributed by atoms with van der Waals surface area (Å²) in [4.78, 5) is 19.5. The molecule has 1 aliphatic rings. The van der Waals surface area contributed by atoms with Crippen LogP contribution in [0.2, 0.25) is 5.02 Å². The van der Waals surface area contributed by atoms with E-state index in [1.54, 1.807) is 13.2 Å². The van der Waals surface area contributed by atoms with Gasteiger partial charge in [-0.3, -0.25) is 4.79 Å². The minimum atomic E-state index is -0.226. The summed E-state index contributed by atoms with van der Waals surface area (Å²) in [5.41, 5.74) is 2.63. The third kappa shape index (κ3) is 3.78. The molecule has 6 nitrogen and oxygen atoms in total. The number of hydrogen-bond acceptors (Lipinski definition) is 6. The van der Waals surface area contributed by atoms with Gasteiger partial charge in [-0.05, 0) is 23.8 Å². The summed E-state index contributed by atoms with van der Waals surface area (Å²) in [6, 6.07) is 11.4. The zero-order valence-corrected chi connectivity index (χ0v) is 17.0. The van der Waals surface area contributed by atoms with Crippen LogP contribution in [0.4, 0.5) is 5.69 Å². The molecule has 1 fully saturated rings. The van der Waals surface area contributed by atoms with E-state index < -0.39 is 0 Å². The maximum absolute atomic E-state index is 12.7. The second-order valence-electron chi connectivity index (χ2n) is 6.36. The highest BCUT2D eigenvalue weighted by Gasteiger charge is 2.21. The van der Waals surface area contributed by atoms with Crippen molar-refractivity contribution >= 4 is 44.7 Å². The molecule has 0 aliphatic carbocycles. The number of carbonyl (C=O) groups is 1. The average molecular weight is 418 g/mol. The number of methoxy groups -OCH3 is 1. The molecule has 1 aromatic heterocycles. The average Bonchev–Trinajstić information content (AvgIpc) is 3.18. The van der Waals surface area contributed by atoms with E-state index in [0.29, 0.717) is 41.1 Å². The number of carbonyl (C=O) groups excluding carboxylic acids is 1. The highest BCUT2D eigenvalue weighted by Crippen LogP contribution is 2.37. The molecule has 4 rings (SSSR count). The molecule has 1 N–H and O–H groups in total. The van der Waals surface area contributed by atoms with Crippen molar-refractivity contribution in [3.63, 3.8) is 0 Å². The number of benzene rings is 2. The first-order chi connectivity index (χ1) is 13.7.